The third-order valence-electron chi connectivity index (χ3n) is 4.71. The molecule has 1 amide bonds. The molecule has 0 spiro atoms. The number of ether oxygens (including phenoxy) is 1. The number of fused-ring (bicyclic) bond motifs is 1. The first-order valence-electron chi connectivity index (χ1n) is 10.1. The van der Waals surface area contributed by atoms with E-state index in [-0.39, 0.29) is 22.7 Å². The maximum atomic E-state index is 12.0. The van der Waals surface area contributed by atoms with E-state index in [9.17, 15) is 28.1 Å². The number of nitro groups is 1. The van der Waals surface area contributed by atoms with Gasteiger partial charge in [0.2, 0.25) is 0 Å². The highest BCUT2D eigenvalue weighted by molar-refractivity contribution is 7.90. The van der Waals surface area contributed by atoms with Gasteiger partial charge in [0.25, 0.3) is 21.6 Å². The molecule has 0 atom stereocenters. The average molecular weight is 474 g/mol. The zero-order valence-electron chi connectivity index (χ0n) is 17.5. The molecule has 0 saturated carbocycles. The molecule has 12 heteroatoms. The second kappa shape index (κ2) is 10.7. The lowest BCUT2D eigenvalue weighted by Crippen LogP contribution is -2.22. The summed E-state index contributed by atoms with van der Waals surface area (Å²) < 4.78 is 31.4. The van der Waals surface area contributed by atoms with Gasteiger partial charge >= 0.3 is 5.97 Å². The molecule has 0 aliphatic carbocycles. The maximum absolute atomic E-state index is 12.0. The van der Waals surface area contributed by atoms with Crippen molar-refractivity contribution in [2.24, 2.45) is 4.99 Å². The second-order valence-electron chi connectivity index (χ2n) is 7.13. The molecule has 2 aromatic carbocycles. The van der Waals surface area contributed by atoms with Gasteiger partial charge in [0.1, 0.15) is 11.5 Å². The third kappa shape index (κ3) is 6.35. The summed E-state index contributed by atoms with van der Waals surface area (Å²) >= 11 is 0. The first-order valence-corrected chi connectivity index (χ1v) is 11.6. The molecular formula is C21H22N4O7S. The fourth-order valence-corrected chi connectivity index (χ4v) is 4.39. The Kier molecular flexibility index (Phi) is 7.72. The van der Waals surface area contributed by atoms with Gasteiger partial charge in [0.05, 0.1) is 9.82 Å². The minimum Gasteiger partial charge on any atom is -0.456 e. The number of carbonyl (C=O) groups excluding carboxylic acids is 2. The number of nitrogens with zero attached hydrogens (tertiary/aromatic N) is 2. The first-order chi connectivity index (χ1) is 15.8. The Morgan fingerprint density at radius 1 is 1.06 bits per heavy atom. The monoisotopic (exact) mass is 474 g/mol. The molecule has 2 aromatic rings. The number of unbranched alkanes of at least 4 members (excludes halogenated alkanes) is 2. The van der Waals surface area contributed by atoms with E-state index in [1.165, 1.54) is 24.3 Å². The summed E-state index contributed by atoms with van der Waals surface area (Å²) in [7, 11) is -3.56. The van der Waals surface area contributed by atoms with Crippen LogP contribution in [0.1, 0.15) is 31.2 Å². The van der Waals surface area contributed by atoms with E-state index in [4.69, 9.17) is 4.74 Å². The quantitative estimate of drug-likeness (QED) is 0.232. The second-order valence-corrected chi connectivity index (χ2v) is 8.78. The minimum atomic E-state index is -3.56. The highest BCUT2D eigenvalue weighted by atomic mass is 32.2. The molecule has 174 valence electrons. The number of sulfonamides is 1. The van der Waals surface area contributed by atoms with Gasteiger partial charge in [-0.2, -0.15) is 0 Å². The van der Waals surface area contributed by atoms with Crippen molar-refractivity contribution in [1.82, 2.24) is 4.72 Å². The number of benzene rings is 2. The Hall–Kier alpha value is -3.80. The Morgan fingerprint density at radius 3 is 2.58 bits per heavy atom. The Morgan fingerprint density at radius 2 is 1.79 bits per heavy atom. The van der Waals surface area contributed by atoms with Crippen LogP contribution in [0.15, 0.2) is 58.4 Å². The number of hydrogen-bond donors (Lipinski definition) is 2. The van der Waals surface area contributed by atoms with Crippen LogP contribution in [-0.2, 0) is 24.3 Å². The molecule has 11 nitrogen and oxygen atoms in total. The summed E-state index contributed by atoms with van der Waals surface area (Å²) in [5, 5.41) is 13.3. The maximum Gasteiger partial charge on any atom is 0.306 e. The molecule has 1 heterocycles. The lowest BCUT2D eigenvalue weighted by Gasteiger charge is -2.07. The molecule has 1 aliphatic heterocycles. The number of amidine groups is 1. The molecule has 0 unspecified atom stereocenters. The Balaban J connectivity index is 1.34. The smallest absolute Gasteiger partial charge is 0.306 e. The number of carbonyl (C=O) groups is 2. The predicted molar refractivity (Wildman–Crippen MR) is 119 cm³/mol. The average Bonchev–Trinajstić information content (AvgIpc) is 3.05. The Labute approximate surface area is 190 Å². The first kappa shape index (κ1) is 23.9. The van der Waals surface area contributed by atoms with Crippen LogP contribution in [0.5, 0.6) is 0 Å². The van der Waals surface area contributed by atoms with Crippen molar-refractivity contribution >= 4 is 39.1 Å². The van der Waals surface area contributed by atoms with Crippen molar-refractivity contribution in [3.05, 3.63) is 64.2 Å². The van der Waals surface area contributed by atoms with Gasteiger partial charge in [0.15, 0.2) is 6.61 Å². The number of nitro benzene ring substituents is 1. The van der Waals surface area contributed by atoms with Crippen LogP contribution >= 0.6 is 0 Å². The van der Waals surface area contributed by atoms with E-state index in [2.05, 4.69) is 15.0 Å². The van der Waals surface area contributed by atoms with Crippen molar-refractivity contribution in [2.45, 2.75) is 30.6 Å². The van der Waals surface area contributed by atoms with Gasteiger partial charge < -0.3 is 10.1 Å². The lowest BCUT2D eigenvalue weighted by atomic mass is 10.2. The van der Waals surface area contributed by atoms with Gasteiger partial charge in [-0.1, -0.05) is 30.7 Å². The standard InChI is InChI=1S/C21H22N4O7S/c26-19(23-16-9-4-5-10-17(16)25(28)29)14-32-20(27)12-2-1-7-13-22-21-15-8-3-6-11-18(15)33(30,31)24-21/h3-6,8-11H,1-2,7,12-14H2,(H,22,24)(H,23,26). The third-order valence-corrected chi connectivity index (χ3v) is 6.11. The highest BCUT2D eigenvalue weighted by Gasteiger charge is 2.29. The molecule has 0 bridgehead atoms. The number of nitrogens with one attached hydrogen (secondary N) is 2. The fourth-order valence-electron chi connectivity index (χ4n) is 3.14. The number of hydrogen-bond acceptors (Lipinski definition) is 8. The molecule has 1 aliphatic rings. The van der Waals surface area contributed by atoms with E-state index in [1.807, 2.05) is 0 Å². The molecule has 0 saturated heterocycles. The summed E-state index contributed by atoms with van der Waals surface area (Å²) in [6.45, 7) is -0.155. The van der Waals surface area contributed by atoms with Crippen molar-refractivity contribution in [3.63, 3.8) is 0 Å². The lowest BCUT2D eigenvalue weighted by molar-refractivity contribution is -0.383. The van der Waals surface area contributed by atoms with Crippen molar-refractivity contribution in [3.8, 4) is 0 Å². The van der Waals surface area contributed by atoms with Crippen LogP contribution in [0.4, 0.5) is 11.4 Å². The van der Waals surface area contributed by atoms with Crippen LogP contribution in [0.2, 0.25) is 0 Å². The van der Waals surface area contributed by atoms with Crippen LogP contribution in [0.3, 0.4) is 0 Å². The van der Waals surface area contributed by atoms with E-state index in [0.717, 1.165) is 0 Å². The van der Waals surface area contributed by atoms with E-state index in [0.29, 0.717) is 37.2 Å². The summed E-state index contributed by atoms with van der Waals surface area (Å²) in [6.07, 6.45) is 1.91. The molecule has 0 radical (unpaired) electrons. The van der Waals surface area contributed by atoms with Crippen LogP contribution in [0.25, 0.3) is 0 Å². The van der Waals surface area contributed by atoms with E-state index >= 15 is 0 Å². The molecular weight excluding hydrogens is 452 g/mol. The number of aliphatic imine (C=N–C) groups is 1. The normalized spacial score (nSPS) is 14.8. The summed E-state index contributed by atoms with van der Waals surface area (Å²) in [5.41, 5.74) is 0.312. The van der Waals surface area contributed by atoms with Crippen molar-refractivity contribution in [2.75, 3.05) is 18.5 Å². The zero-order chi connectivity index (χ0) is 23.8. The summed E-state index contributed by atoms with van der Waals surface area (Å²) in [5.74, 6) is -0.918. The molecule has 3 rings (SSSR count). The van der Waals surface area contributed by atoms with Crippen molar-refractivity contribution < 1.29 is 27.7 Å². The van der Waals surface area contributed by atoms with Crippen molar-refractivity contribution in [1.29, 1.82) is 0 Å². The van der Waals surface area contributed by atoms with Crippen LogP contribution in [-0.4, -0.2) is 44.2 Å². The van der Waals surface area contributed by atoms with Crippen LogP contribution < -0.4 is 10.0 Å². The summed E-state index contributed by atoms with van der Waals surface area (Å²) in [4.78, 5) is 38.5. The molecule has 33 heavy (non-hydrogen) atoms. The van der Waals surface area contributed by atoms with Gasteiger partial charge in [0, 0.05) is 24.6 Å². The van der Waals surface area contributed by atoms with Gasteiger partial charge in [-0.15, -0.1) is 0 Å². The highest BCUT2D eigenvalue weighted by Crippen LogP contribution is 2.23. The van der Waals surface area contributed by atoms with Gasteiger partial charge in [-0.25, -0.2) is 8.42 Å². The number of anilines is 1. The molecule has 0 aromatic heterocycles. The largest absolute Gasteiger partial charge is 0.456 e. The zero-order valence-corrected chi connectivity index (χ0v) is 18.3. The molecule has 2 N–H and O–H groups in total. The predicted octanol–water partition coefficient (Wildman–Crippen LogP) is 2.38. The topological polar surface area (TPSA) is 157 Å². The van der Waals surface area contributed by atoms with E-state index < -0.39 is 33.4 Å². The summed E-state index contributed by atoms with van der Waals surface area (Å²) in [6, 6.07) is 12.3. The number of esters is 1. The van der Waals surface area contributed by atoms with Gasteiger partial charge in [-0.3, -0.25) is 29.4 Å². The van der Waals surface area contributed by atoms with E-state index in [1.54, 1.807) is 24.3 Å². The molecule has 0 fully saturated rings. The number of amides is 1. The Bertz CT molecular complexity index is 1190. The fraction of sp³-hybridized carbons (Fsp3) is 0.286. The minimum absolute atomic E-state index is 0.0253. The number of para-hydroxylation sites is 2. The SMILES string of the molecule is O=C(COC(=O)CCCCCN=C1NS(=O)(=O)c2ccccc21)Nc1ccccc1[N+](=O)[O-]. The number of rotatable bonds is 10. The van der Waals surface area contributed by atoms with Gasteiger partial charge in [-0.05, 0) is 31.0 Å². The van der Waals surface area contributed by atoms with Crippen LogP contribution in [0, 0.1) is 10.1 Å².